The molecule has 0 aliphatic heterocycles. The van der Waals surface area contributed by atoms with Crippen LogP contribution in [0.15, 0.2) is 0 Å². The third-order valence-corrected chi connectivity index (χ3v) is 2.02. The summed E-state index contributed by atoms with van der Waals surface area (Å²) in [7, 11) is 1.89. The minimum absolute atomic E-state index is 0.0462. The van der Waals surface area contributed by atoms with E-state index in [1.165, 1.54) is 0 Å². The number of aryl methyl sites for hydroxylation is 2. The van der Waals surface area contributed by atoms with Gasteiger partial charge in [0.2, 0.25) is 0 Å². The maximum atomic E-state index is 5.51. The molecular formula is C9H17N3O. The molecule has 4 nitrogen and oxygen atoms in total. The molecule has 0 aromatic carbocycles. The van der Waals surface area contributed by atoms with E-state index in [0.717, 1.165) is 18.1 Å². The van der Waals surface area contributed by atoms with Gasteiger partial charge in [0.1, 0.15) is 11.9 Å². The van der Waals surface area contributed by atoms with Crippen molar-refractivity contribution in [2.45, 2.75) is 33.3 Å². The van der Waals surface area contributed by atoms with Crippen molar-refractivity contribution in [2.75, 3.05) is 6.61 Å². The number of ether oxygens (including phenoxy) is 1. The van der Waals surface area contributed by atoms with Gasteiger partial charge >= 0.3 is 0 Å². The smallest absolute Gasteiger partial charge is 0.179 e. The normalized spacial score (nSPS) is 13.2. The Morgan fingerprint density at radius 1 is 1.46 bits per heavy atom. The highest BCUT2D eigenvalue weighted by Crippen LogP contribution is 2.16. The summed E-state index contributed by atoms with van der Waals surface area (Å²) in [6.45, 7) is 6.70. The van der Waals surface area contributed by atoms with Crippen LogP contribution >= 0.6 is 0 Å². The summed E-state index contributed by atoms with van der Waals surface area (Å²) in [5.74, 6) is 1.72. The number of aromatic nitrogens is 3. The second kappa shape index (κ2) is 4.37. The van der Waals surface area contributed by atoms with Gasteiger partial charge in [0.25, 0.3) is 0 Å². The Balaban J connectivity index is 2.78. The van der Waals surface area contributed by atoms with Crippen LogP contribution in [-0.4, -0.2) is 21.4 Å². The highest BCUT2D eigenvalue weighted by molar-refractivity contribution is 4.94. The van der Waals surface area contributed by atoms with E-state index in [-0.39, 0.29) is 6.10 Å². The second-order valence-electron chi connectivity index (χ2n) is 2.99. The molecule has 4 heteroatoms. The SMILES string of the molecule is CCOC(CC)c1nc(C)n(C)n1. The van der Waals surface area contributed by atoms with Crippen LogP contribution in [0.25, 0.3) is 0 Å². The van der Waals surface area contributed by atoms with Crippen LogP contribution in [0, 0.1) is 6.92 Å². The van der Waals surface area contributed by atoms with E-state index in [4.69, 9.17) is 4.74 Å². The fraction of sp³-hybridized carbons (Fsp3) is 0.778. The average molecular weight is 183 g/mol. The molecule has 1 heterocycles. The van der Waals surface area contributed by atoms with Gasteiger partial charge in [-0.15, -0.1) is 0 Å². The van der Waals surface area contributed by atoms with Gasteiger partial charge in [-0.2, -0.15) is 5.10 Å². The summed E-state index contributed by atoms with van der Waals surface area (Å²) in [6, 6.07) is 0. The molecule has 0 saturated carbocycles. The third-order valence-electron chi connectivity index (χ3n) is 2.02. The molecule has 0 aliphatic carbocycles. The van der Waals surface area contributed by atoms with E-state index in [2.05, 4.69) is 17.0 Å². The van der Waals surface area contributed by atoms with Crippen molar-refractivity contribution >= 4 is 0 Å². The minimum atomic E-state index is 0.0462. The monoisotopic (exact) mass is 183 g/mol. The topological polar surface area (TPSA) is 39.9 Å². The fourth-order valence-corrected chi connectivity index (χ4v) is 1.20. The first kappa shape index (κ1) is 10.2. The van der Waals surface area contributed by atoms with Gasteiger partial charge in [0.05, 0.1) is 0 Å². The highest BCUT2D eigenvalue weighted by Gasteiger charge is 2.14. The number of hydrogen-bond acceptors (Lipinski definition) is 3. The largest absolute Gasteiger partial charge is 0.370 e. The number of nitrogens with zero attached hydrogens (tertiary/aromatic N) is 3. The highest BCUT2D eigenvalue weighted by atomic mass is 16.5. The molecule has 0 radical (unpaired) electrons. The molecular weight excluding hydrogens is 166 g/mol. The van der Waals surface area contributed by atoms with Gasteiger partial charge in [0.15, 0.2) is 5.82 Å². The van der Waals surface area contributed by atoms with Crippen molar-refractivity contribution in [3.63, 3.8) is 0 Å². The predicted octanol–water partition coefficient (Wildman–Crippen LogP) is 1.61. The Hall–Kier alpha value is -0.900. The summed E-state index contributed by atoms with van der Waals surface area (Å²) in [5, 5.41) is 4.28. The lowest BCUT2D eigenvalue weighted by Crippen LogP contribution is -2.05. The zero-order chi connectivity index (χ0) is 9.84. The van der Waals surface area contributed by atoms with Crippen LogP contribution in [0.2, 0.25) is 0 Å². The maximum absolute atomic E-state index is 5.51. The summed E-state index contributed by atoms with van der Waals surface area (Å²) in [4.78, 5) is 4.33. The van der Waals surface area contributed by atoms with Crippen molar-refractivity contribution in [3.8, 4) is 0 Å². The molecule has 1 aromatic heterocycles. The molecule has 13 heavy (non-hydrogen) atoms. The molecule has 1 rings (SSSR count). The van der Waals surface area contributed by atoms with Gasteiger partial charge in [-0.05, 0) is 20.3 Å². The van der Waals surface area contributed by atoms with Gasteiger partial charge < -0.3 is 4.74 Å². The Labute approximate surface area is 78.9 Å². The van der Waals surface area contributed by atoms with Crippen molar-refractivity contribution in [1.82, 2.24) is 14.8 Å². The molecule has 0 amide bonds. The van der Waals surface area contributed by atoms with Gasteiger partial charge in [-0.1, -0.05) is 6.92 Å². The Morgan fingerprint density at radius 2 is 2.15 bits per heavy atom. The molecule has 0 aliphatic rings. The lowest BCUT2D eigenvalue weighted by Gasteiger charge is -2.09. The third kappa shape index (κ3) is 2.28. The fourth-order valence-electron chi connectivity index (χ4n) is 1.20. The van der Waals surface area contributed by atoms with Crippen LogP contribution in [0.4, 0.5) is 0 Å². The minimum Gasteiger partial charge on any atom is -0.370 e. The molecule has 1 unspecified atom stereocenters. The average Bonchev–Trinajstić information content (AvgIpc) is 2.43. The van der Waals surface area contributed by atoms with Crippen LogP contribution in [0.5, 0.6) is 0 Å². The molecule has 1 atom stereocenters. The van der Waals surface area contributed by atoms with Crippen molar-refractivity contribution in [3.05, 3.63) is 11.6 Å². The van der Waals surface area contributed by atoms with Crippen LogP contribution in [-0.2, 0) is 11.8 Å². The van der Waals surface area contributed by atoms with Crippen LogP contribution < -0.4 is 0 Å². The van der Waals surface area contributed by atoms with Crippen LogP contribution in [0.1, 0.15) is 38.0 Å². The molecule has 0 N–H and O–H groups in total. The Bertz CT molecular complexity index is 250. The van der Waals surface area contributed by atoms with Crippen molar-refractivity contribution in [1.29, 1.82) is 0 Å². The first-order valence-corrected chi connectivity index (χ1v) is 4.68. The number of hydrogen-bond donors (Lipinski definition) is 0. The van der Waals surface area contributed by atoms with Crippen molar-refractivity contribution in [2.24, 2.45) is 7.05 Å². The summed E-state index contributed by atoms with van der Waals surface area (Å²) < 4.78 is 7.28. The summed E-state index contributed by atoms with van der Waals surface area (Å²) >= 11 is 0. The molecule has 0 fully saturated rings. The molecule has 0 spiro atoms. The standard InChI is InChI=1S/C9H17N3O/c1-5-8(13-6-2)9-10-7(3)12(4)11-9/h8H,5-6H2,1-4H3. The summed E-state index contributed by atoms with van der Waals surface area (Å²) in [6.07, 6.45) is 0.960. The first-order valence-electron chi connectivity index (χ1n) is 4.68. The lowest BCUT2D eigenvalue weighted by molar-refractivity contribution is 0.0534. The zero-order valence-corrected chi connectivity index (χ0v) is 8.74. The molecule has 1 aromatic rings. The van der Waals surface area contributed by atoms with Gasteiger partial charge in [-0.3, -0.25) is 4.68 Å². The van der Waals surface area contributed by atoms with Crippen molar-refractivity contribution < 1.29 is 4.74 Å². The van der Waals surface area contributed by atoms with E-state index in [0.29, 0.717) is 6.61 Å². The second-order valence-corrected chi connectivity index (χ2v) is 2.99. The Kier molecular flexibility index (Phi) is 3.42. The van der Waals surface area contributed by atoms with E-state index in [9.17, 15) is 0 Å². The Morgan fingerprint density at radius 3 is 2.54 bits per heavy atom. The van der Waals surface area contributed by atoms with E-state index < -0.39 is 0 Å². The summed E-state index contributed by atoms with van der Waals surface area (Å²) in [5.41, 5.74) is 0. The quantitative estimate of drug-likeness (QED) is 0.712. The molecule has 0 bridgehead atoms. The zero-order valence-electron chi connectivity index (χ0n) is 8.74. The molecule has 74 valence electrons. The van der Waals surface area contributed by atoms with Crippen LogP contribution in [0.3, 0.4) is 0 Å². The van der Waals surface area contributed by atoms with Gasteiger partial charge in [0, 0.05) is 13.7 Å². The van der Waals surface area contributed by atoms with E-state index >= 15 is 0 Å². The van der Waals surface area contributed by atoms with E-state index in [1.54, 1.807) is 4.68 Å². The molecule has 0 saturated heterocycles. The lowest BCUT2D eigenvalue weighted by atomic mass is 10.2. The predicted molar refractivity (Wildman–Crippen MR) is 50.4 cm³/mol. The maximum Gasteiger partial charge on any atom is 0.179 e. The number of rotatable bonds is 4. The first-order chi connectivity index (χ1) is 6.19. The van der Waals surface area contributed by atoms with E-state index in [1.807, 2.05) is 20.9 Å². The van der Waals surface area contributed by atoms with Gasteiger partial charge in [-0.25, -0.2) is 4.98 Å².